The minimum atomic E-state index is -1.25. The number of rotatable bonds is 17. The van der Waals surface area contributed by atoms with Gasteiger partial charge in [-0.25, -0.2) is 14.6 Å². The summed E-state index contributed by atoms with van der Waals surface area (Å²) in [6.45, 7) is 10.5. The highest BCUT2D eigenvalue weighted by molar-refractivity contribution is 6.09. The molecule has 0 spiro atoms. The molecule has 9 rings (SSSR count). The molecule has 1 atom stereocenters. The summed E-state index contributed by atoms with van der Waals surface area (Å²) >= 11 is 0. The van der Waals surface area contributed by atoms with Crippen molar-refractivity contribution in [1.29, 1.82) is 0 Å². The van der Waals surface area contributed by atoms with Crippen LogP contribution in [0.25, 0.3) is 66.9 Å². The lowest BCUT2D eigenvalue weighted by atomic mass is 9.90. The Balaban J connectivity index is 0.794. The fourth-order valence-electron chi connectivity index (χ4n) is 10.0. The number of alkyl carbamates (subject to hydrolysis) is 1. The zero-order chi connectivity index (χ0) is 53.0. The number of phenols is 1. The Hall–Kier alpha value is -8.47. The van der Waals surface area contributed by atoms with Gasteiger partial charge in [0.1, 0.15) is 22.7 Å². The van der Waals surface area contributed by atoms with Gasteiger partial charge in [-0.3, -0.25) is 19.2 Å². The average molecular weight is 1020 g/mol. The van der Waals surface area contributed by atoms with E-state index < -0.39 is 23.6 Å². The number of aromatic hydroxyl groups is 1. The van der Waals surface area contributed by atoms with Gasteiger partial charge >= 0.3 is 12.1 Å². The lowest BCUT2D eigenvalue weighted by molar-refractivity contribution is -0.121. The predicted octanol–water partition coefficient (Wildman–Crippen LogP) is 9.59. The number of piperidine rings is 1. The molecular weight excluding hydrogens is 955 g/mol. The van der Waals surface area contributed by atoms with Gasteiger partial charge in [0.05, 0.1) is 22.3 Å². The molecule has 4 amide bonds. The lowest BCUT2D eigenvalue weighted by Crippen LogP contribution is -2.50. The van der Waals surface area contributed by atoms with E-state index in [-0.39, 0.29) is 51.5 Å². The van der Waals surface area contributed by atoms with Crippen molar-refractivity contribution in [2.24, 2.45) is 0 Å². The van der Waals surface area contributed by atoms with Crippen molar-refractivity contribution in [2.75, 3.05) is 26.2 Å². The van der Waals surface area contributed by atoms with Crippen molar-refractivity contribution in [2.45, 2.75) is 97.4 Å². The van der Waals surface area contributed by atoms with Crippen LogP contribution in [-0.4, -0.2) is 96.8 Å². The van der Waals surface area contributed by atoms with E-state index in [2.05, 4.69) is 50.2 Å². The lowest BCUT2D eigenvalue weighted by Gasteiger charge is -2.33. The molecule has 5 N–H and O–H groups in total. The summed E-state index contributed by atoms with van der Waals surface area (Å²) in [5.41, 5.74) is 4.76. The number of ether oxygens (including phenoxy) is 1. The number of fused-ring (bicyclic) bond motifs is 4. The molecule has 17 nitrogen and oxygen atoms in total. The van der Waals surface area contributed by atoms with Crippen molar-refractivity contribution in [3.8, 4) is 39.7 Å². The Morgan fingerprint density at radius 1 is 0.813 bits per heavy atom. The van der Waals surface area contributed by atoms with Crippen LogP contribution < -0.4 is 21.4 Å². The van der Waals surface area contributed by atoms with E-state index in [9.17, 15) is 39.0 Å². The molecule has 388 valence electrons. The van der Waals surface area contributed by atoms with E-state index in [0.29, 0.717) is 98.0 Å². The van der Waals surface area contributed by atoms with E-state index in [0.717, 1.165) is 47.3 Å². The fourth-order valence-corrected chi connectivity index (χ4v) is 10.0. The summed E-state index contributed by atoms with van der Waals surface area (Å²) < 4.78 is 15.8. The van der Waals surface area contributed by atoms with Crippen LogP contribution in [0.15, 0.2) is 112 Å². The van der Waals surface area contributed by atoms with Crippen LogP contribution in [0.3, 0.4) is 0 Å². The summed E-state index contributed by atoms with van der Waals surface area (Å²) in [5, 5.41) is 30.9. The number of carbonyl (C=O) groups excluding carboxylic acids is 4. The molecule has 1 fully saturated rings. The summed E-state index contributed by atoms with van der Waals surface area (Å²) in [7, 11) is 0. The second kappa shape index (κ2) is 21.9. The first-order valence-electron chi connectivity index (χ1n) is 25.5. The second-order valence-electron chi connectivity index (χ2n) is 20.0. The number of aryl methyl sites for hydroxylation is 2. The predicted molar refractivity (Wildman–Crippen MR) is 286 cm³/mol. The normalized spacial score (nSPS) is 13.9. The Kier molecular flexibility index (Phi) is 15.0. The third-order valence-electron chi connectivity index (χ3n) is 13.5. The standard InChI is InChI=1S/C58H61N7O10/c1-5-64-46-15-9-8-13-35(46)31-48(64)53-62-45-30-37(55(70)63-27-11-14-38(34-63)61-57(73)75-58(2,3)4)18-24-47(45)65(53)28-12-26-59-51(68)16-7-6-10-25-60-54(69)36-17-21-41(44(29-36)56(71)72)52-42-22-19-39(66)32-49(42)74-50-33-40(67)20-23-43(50)52/h8-9,13,15,17-24,29-33,38,66H,5-7,10-12,14,16,25-28,34H2,1-4H3,(H,59,68)(H,60,69)(H,61,73)(H,71,72)/t38-/m1/s1. The number of nitrogens with one attached hydrogen (secondary N) is 3. The first-order chi connectivity index (χ1) is 36.0. The number of para-hydroxylation sites is 1. The van der Waals surface area contributed by atoms with Gasteiger partial charge in [0.25, 0.3) is 11.8 Å². The molecule has 4 heterocycles. The second-order valence-corrected chi connectivity index (χ2v) is 20.0. The maximum absolute atomic E-state index is 14.0. The highest BCUT2D eigenvalue weighted by atomic mass is 16.6. The van der Waals surface area contributed by atoms with Crippen LogP contribution in [0.4, 0.5) is 4.79 Å². The number of phenolic OH excluding ortho intramolecular Hbond substituents is 1. The van der Waals surface area contributed by atoms with Crippen LogP contribution >= 0.6 is 0 Å². The number of nitrogens with zero attached hydrogens (tertiary/aromatic N) is 4. The number of hydrogen-bond acceptors (Lipinski definition) is 10. The number of carbonyl (C=O) groups is 5. The van der Waals surface area contributed by atoms with E-state index in [1.165, 1.54) is 30.3 Å². The van der Waals surface area contributed by atoms with Crippen molar-refractivity contribution in [3.63, 3.8) is 0 Å². The Bertz CT molecular complexity index is 3510. The van der Waals surface area contributed by atoms with Crippen molar-refractivity contribution in [3.05, 3.63) is 130 Å². The van der Waals surface area contributed by atoms with E-state index >= 15 is 0 Å². The first kappa shape index (κ1) is 51.4. The molecule has 2 aromatic heterocycles. The number of amides is 4. The molecule has 2 aliphatic heterocycles. The maximum atomic E-state index is 14.0. The van der Waals surface area contributed by atoms with Gasteiger partial charge in [0.2, 0.25) is 5.91 Å². The SMILES string of the molecule is CCn1c(-c2nc3cc(C(=O)N4CCC[C@@H](NC(=O)OC(C)(C)C)C4)ccc3n2CCCNC(=O)CCCCCNC(=O)c2ccc(-c3c4ccc(=O)cc-4oc4cc(O)ccc34)c(C(=O)O)c2)cc2ccccc21. The molecule has 3 aliphatic rings. The van der Waals surface area contributed by atoms with Crippen LogP contribution in [-0.2, 0) is 22.6 Å². The van der Waals surface area contributed by atoms with Crippen molar-refractivity contribution < 1.29 is 43.3 Å². The summed E-state index contributed by atoms with van der Waals surface area (Å²) in [5.74, 6) is -0.980. The Labute approximate surface area is 432 Å². The zero-order valence-corrected chi connectivity index (χ0v) is 42.5. The molecule has 0 saturated carbocycles. The van der Waals surface area contributed by atoms with E-state index in [1.54, 1.807) is 29.2 Å². The van der Waals surface area contributed by atoms with Crippen LogP contribution in [0, 0.1) is 0 Å². The van der Waals surface area contributed by atoms with Gasteiger partial charge in [0.15, 0.2) is 11.3 Å². The zero-order valence-electron chi connectivity index (χ0n) is 42.5. The monoisotopic (exact) mass is 1020 g/mol. The molecule has 4 aromatic carbocycles. The number of aromatic carboxylic acids is 1. The topological polar surface area (TPSA) is 227 Å². The maximum Gasteiger partial charge on any atom is 0.407 e. The van der Waals surface area contributed by atoms with E-state index in [1.807, 2.05) is 51.1 Å². The number of unbranched alkanes of at least 4 members (excludes halogenated alkanes) is 2. The van der Waals surface area contributed by atoms with Gasteiger partial charge in [0, 0.05) is 102 Å². The molecule has 0 bridgehead atoms. The number of hydrogen-bond donors (Lipinski definition) is 5. The van der Waals surface area contributed by atoms with Gasteiger partial charge in [-0.1, -0.05) is 30.7 Å². The fraction of sp³-hybridized carbons (Fsp3) is 0.328. The smallest absolute Gasteiger partial charge is 0.407 e. The molecule has 75 heavy (non-hydrogen) atoms. The third-order valence-corrected chi connectivity index (χ3v) is 13.5. The van der Waals surface area contributed by atoms with Crippen LogP contribution in [0.5, 0.6) is 5.75 Å². The Morgan fingerprint density at radius 3 is 2.40 bits per heavy atom. The molecule has 6 aromatic rings. The number of aromatic nitrogens is 3. The van der Waals surface area contributed by atoms with E-state index in [4.69, 9.17) is 14.1 Å². The van der Waals surface area contributed by atoms with Crippen LogP contribution in [0.2, 0.25) is 0 Å². The van der Waals surface area contributed by atoms with Crippen molar-refractivity contribution >= 4 is 62.7 Å². The minimum absolute atomic E-state index is 0.0622. The quantitative estimate of drug-likeness (QED) is 0.0426. The number of imidazole rings is 1. The minimum Gasteiger partial charge on any atom is -0.508 e. The summed E-state index contributed by atoms with van der Waals surface area (Å²) in [6, 6.07) is 28.9. The molecule has 1 aliphatic carbocycles. The van der Waals surface area contributed by atoms with Crippen LogP contribution in [0.1, 0.15) is 104 Å². The summed E-state index contributed by atoms with van der Waals surface area (Å²) in [6.07, 6.45) is 3.81. The number of carboxylic acid groups (broad SMARTS) is 1. The molecule has 0 unspecified atom stereocenters. The van der Waals surface area contributed by atoms with Gasteiger partial charge in [-0.15, -0.1) is 0 Å². The van der Waals surface area contributed by atoms with Gasteiger partial charge in [-0.05, 0) is 132 Å². The first-order valence-corrected chi connectivity index (χ1v) is 25.5. The Morgan fingerprint density at radius 2 is 1.60 bits per heavy atom. The summed E-state index contributed by atoms with van der Waals surface area (Å²) in [4.78, 5) is 84.6. The largest absolute Gasteiger partial charge is 0.508 e. The highest BCUT2D eigenvalue weighted by Crippen LogP contribution is 2.42. The highest BCUT2D eigenvalue weighted by Gasteiger charge is 2.29. The molecule has 17 heteroatoms. The third kappa shape index (κ3) is 11.5. The molecular formula is C58H61N7O10. The average Bonchev–Trinajstić information content (AvgIpc) is 3.95. The molecule has 1 saturated heterocycles. The number of benzene rings is 5. The number of carboxylic acids is 1. The van der Waals surface area contributed by atoms with Gasteiger partial charge in [-0.2, -0.15) is 0 Å². The number of likely N-dealkylation sites (tertiary alicyclic amines) is 1. The van der Waals surface area contributed by atoms with Gasteiger partial charge < -0.3 is 49.4 Å². The molecule has 0 radical (unpaired) electrons. The van der Waals surface area contributed by atoms with Crippen molar-refractivity contribution in [1.82, 2.24) is 35.0 Å².